The summed E-state index contributed by atoms with van der Waals surface area (Å²) in [5.41, 5.74) is 1.24. The maximum atomic E-state index is 10.2. The van der Waals surface area contributed by atoms with Gasteiger partial charge in [-0.25, -0.2) is 0 Å². The highest BCUT2D eigenvalue weighted by atomic mass is 16.3. The van der Waals surface area contributed by atoms with Gasteiger partial charge in [0, 0.05) is 23.9 Å². The topological polar surface area (TPSA) is 36.4 Å². The zero-order valence-electron chi connectivity index (χ0n) is 11.5. The Kier molecular flexibility index (Phi) is 4.14. The van der Waals surface area contributed by atoms with Crippen molar-refractivity contribution in [2.24, 2.45) is 0 Å². The lowest BCUT2D eigenvalue weighted by atomic mass is 9.87. The van der Waals surface area contributed by atoms with Gasteiger partial charge < -0.3 is 5.11 Å². The summed E-state index contributed by atoms with van der Waals surface area (Å²) in [7, 11) is 0. The summed E-state index contributed by atoms with van der Waals surface area (Å²) in [6, 6.07) is 6.63. The number of nitrogens with zero attached hydrogens (tertiary/aromatic N) is 2. The van der Waals surface area contributed by atoms with Gasteiger partial charge in [-0.2, -0.15) is 0 Å². The second-order valence-electron chi connectivity index (χ2n) is 5.98. The lowest BCUT2D eigenvalue weighted by Gasteiger charge is -2.41. The number of rotatable bonds is 2. The number of pyridine rings is 1. The number of aliphatic hydroxyl groups is 1. The van der Waals surface area contributed by atoms with Crippen LogP contribution in [0.15, 0.2) is 24.4 Å². The number of piperidine rings is 1. The zero-order chi connectivity index (χ0) is 13.1. The van der Waals surface area contributed by atoms with E-state index < -0.39 is 0 Å². The Labute approximate surface area is 115 Å². The van der Waals surface area contributed by atoms with Crippen molar-refractivity contribution in [2.75, 3.05) is 13.1 Å². The van der Waals surface area contributed by atoms with Crippen LogP contribution >= 0.6 is 0 Å². The van der Waals surface area contributed by atoms with E-state index in [0.717, 1.165) is 19.5 Å². The highest BCUT2D eigenvalue weighted by molar-refractivity contribution is 5.10. The highest BCUT2D eigenvalue weighted by Crippen LogP contribution is 2.31. The predicted molar refractivity (Wildman–Crippen MR) is 76.0 cm³/mol. The first kappa shape index (κ1) is 13.1. The highest BCUT2D eigenvalue weighted by Gasteiger charge is 2.31. The first-order valence-electron chi connectivity index (χ1n) is 7.67. The van der Waals surface area contributed by atoms with E-state index in [9.17, 15) is 5.11 Å². The molecule has 1 saturated carbocycles. The van der Waals surface area contributed by atoms with Gasteiger partial charge in [0.25, 0.3) is 0 Å². The maximum absolute atomic E-state index is 10.2. The van der Waals surface area contributed by atoms with Crippen molar-refractivity contribution in [3.63, 3.8) is 0 Å². The van der Waals surface area contributed by atoms with E-state index in [1.165, 1.54) is 37.8 Å². The van der Waals surface area contributed by atoms with Crippen LogP contribution in [-0.2, 0) is 0 Å². The van der Waals surface area contributed by atoms with Crippen LogP contribution in [0.5, 0.6) is 0 Å². The molecule has 0 spiro atoms. The molecule has 3 rings (SSSR count). The SMILES string of the molecule is OC1CCCCC1N1CCC(c2ccccn2)CC1. The summed E-state index contributed by atoms with van der Waals surface area (Å²) >= 11 is 0. The molecule has 2 atom stereocenters. The Balaban J connectivity index is 1.57. The summed E-state index contributed by atoms with van der Waals surface area (Å²) in [6.45, 7) is 2.23. The van der Waals surface area contributed by atoms with Crippen LogP contribution in [0.25, 0.3) is 0 Å². The van der Waals surface area contributed by atoms with Gasteiger partial charge in [-0.1, -0.05) is 18.9 Å². The summed E-state index contributed by atoms with van der Waals surface area (Å²) in [5.74, 6) is 0.609. The van der Waals surface area contributed by atoms with Crippen LogP contribution in [0.1, 0.15) is 50.1 Å². The van der Waals surface area contributed by atoms with Crippen molar-refractivity contribution in [1.29, 1.82) is 0 Å². The first-order chi connectivity index (χ1) is 9.34. The molecule has 1 aromatic heterocycles. The van der Waals surface area contributed by atoms with Gasteiger partial charge in [-0.3, -0.25) is 9.88 Å². The molecule has 0 bridgehead atoms. The molecule has 1 saturated heterocycles. The third kappa shape index (κ3) is 2.98. The van der Waals surface area contributed by atoms with E-state index in [4.69, 9.17) is 0 Å². The van der Waals surface area contributed by atoms with Crippen LogP contribution in [0.2, 0.25) is 0 Å². The number of hydrogen-bond acceptors (Lipinski definition) is 3. The summed E-state index contributed by atoms with van der Waals surface area (Å²) in [5, 5.41) is 10.2. The van der Waals surface area contributed by atoms with Crippen LogP contribution in [0, 0.1) is 0 Å². The molecule has 1 N–H and O–H groups in total. The van der Waals surface area contributed by atoms with E-state index in [2.05, 4.69) is 22.0 Å². The third-order valence-corrected chi connectivity index (χ3v) is 4.80. The molecule has 2 heterocycles. The number of aromatic nitrogens is 1. The molecule has 2 fully saturated rings. The van der Waals surface area contributed by atoms with Gasteiger partial charge in [0.1, 0.15) is 0 Å². The first-order valence-corrected chi connectivity index (χ1v) is 7.67. The molecule has 1 aromatic rings. The van der Waals surface area contributed by atoms with Crippen molar-refractivity contribution < 1.29 is 5.11 Å². The van der Waals surface area contributed by atoms with E-state index in [1.54, 1.807) is 0 Å². The van der Waals surface area contributed by atoms with Crippen molar-refractivity contribution in [1.82, 2.24) is 9.88 Å². The van der Waals surface area contributed by atoms with Gasteiger partial charge in [-0.15, -0.1) is 0 Å². The smallest absolute Gasteiger partial charge is 0.0695 e. The van der Waals surface area contributed by atoms with E-state index in [-0.39, 0.29) is 6.10 Å². The average molecular weight is 260 g/mol. The molecule has 19 heavy (non-hydrogen) atoms. The summed E-state index contributed by atoms with van der Waals surface area (Å²) in [4.78, 5) is 7.00. The molecule has 1 aliphatic carbocycles. The van der Waals surface area contributed by atoms with Crippen molar-refractivity contribution in [2.45, 2.75) is 56.6 Å². The molecule has 3 nitrogen and oxygen atoms in total. The van der Waals surface area contributed by atoms with Gasteiger partial charge >= 0.3 is 0 Å². The quantitative estimate of drug-likeness (QED) is 0.888. The fourth-order valence-electron chi connectivity index (χ4n) is 3.66. The van der Waals surface area contributed by atoms with Crippen LogP contribution in [0.4, 0.5) is 0 Å². The van der Waals surface area contributed by atoms with E-state index >= 15 is 0 Å². The van der Waals surface area contributed by atoms with Crippen molar-refractivity contribution >= 4 is 0 Å². The van der Waals surface area contributed by atoms with Crippen LogP contribution in [-0.4, -0.2) is 40.2 Å². The monoisotopic (exact) mass is 260 g/mol. The van der Waals surface area contributed by atoms with Crippen LogP contribution < -0.4 is 0 Å². The zero-order valence-corrected chi connectivity index (χ0v) is 11.5. The average Bonchev–Trinajstić information content (AvgIpc) is 2.49. The largest absolute Gasteiger partial charge is 0.391 e. The Bertz CT molecular complexity index is 387. The molecule has 0 amide bonds. The second-order valence-corrected chi connectivity index (χ2v) is 5.98. The minimum atomic E-state index is -0.0971. The molecule has 0 aromatic carbocycles. The fourth-order valence-corrected chi connectivity index (χ4v) is 3.66. The lowest BCUT2D eigenvalue weighted by Crippen LogP contribution is -2.48. The maximum Gasteiger partial charge on any atom is 0.0695 e. The molecular weight excluding hydrogens is 236 g/mol. The summed E-state index contributed by atoms with van der Waals surface area (Å²) in [6.07, 6.45) is 8.80. The molecule has 1 aliphatic heterocycles. The third-order valence-electron chi connectivity index (χ3n) is 4.80. The number of likely N-dealkylation sites (tertiary alicyclic amines) is 1. The molecule has 104 valence electrons. The number of hydrogen-bond donors (Lipinski definition) is 1. The van der Waals surface area contributed by atoms with Gasteiger partial charge in [0.2, 0.25) is 0 Å². The van der Waals surface area contributed by atoms with Gasteiger partial charge in [-0.05, 0) is 50.9 Å². The summed E-state index contributed by atoms with van der Waals surface area (Å²) < 4.78 is 0. The Morgan fingerprint density at radius 1 is 1.05 bits per heavy atom. The molecule has 3 heteroatoms. The van der Waals surface area contributed by atoms with Crippen molar-refractivity contribution in [3.05, 3.63) is 30.1 Å². The van der Waals surface area contributed by atoms with Gasteiger partial charge in [0.15, 0.2) is 0 Å². The minimum Gasteiger partial charge on any atom is -0.391 e. The molecule has 2 aliphatic rings. The van der Waals surface area contributed by atoms with E-state index in [0.29, 0.717) is 12.0 Å². The predicted octanol–water partition coefficient (Wildman–Crippen LogP) is 2.56. The fraction of sp³-hybridized carbons (Fsp3) is 0.688. The Hall–Kier alpha value is -0.930. The van der Waals surface area contributed by atoms with Crippen LogP contribution in [0.3, 0.4) is 0 Å². The second kappa shape index (κ2) is 6.02. The number of aliphatic hydroxyl groups excluding tert-OH is 1. The standard InChI is InChI=1S/C16H24N2O/c19-16-7-2-1-6-15(16)18-11-8-13(9-12-18)14-5-3-4-10-17-14/h3-5,10,13,15-16,19H,1-2,6-9,11-12H2. The molecular formula is C16H24N2O. The lowest BCUT2D eigenvalue weighted by molar-refractivity contribution is 0.00853. The Morgan fingerprint density at radius 2 is 1.84 bits per heavy atom. The molecule has 0 radical (unpaired) electrons. The normalized spacial score (nSPS) is 30.4. The molecule has 2 unspecified atom stereocenters. The van der Waals surface area contributed by atoms with Gasteiger partial charge in [0.05, 0.1) is 6.10 Å². The van der Waals surface area contributed by atoms with Crippen molar-refractivity contribution in [3.8, 4) is 0 Å². The minimum absolute atomic E-state index is 0.0971. The van der Waals surface area contributed by atoms with E-state index in [1.807, 2.05) is 12.3 Å². The Morgan fingerprint density at radius 3 is 2.53 bits per heavy atom.